The van der Waals surface area contributed by atoms with E-state index >= 15 is 0 Å². The second-order valence-electron chi connectivity index (χ2n) is 2.26. The molecule has 1 aliphatic rings. The number of aliphatic hydroxyl groups excluding tert-OH is 1. The zero-order valence-corrected chi connectivity index (χ0v) is 5.46. The standard InChI is InChI=1S/C5H10N2O2/c1-3-4(8)7(2)5(9)6-3/h3-4,8H,1-2H3,(H,6,9)/t3-,4+/m1/s1. The van der Waals surface area contributed by atoms with Crippen LogP contribution < -0.4 is 5.32 Å². The van der Waals surface area contributed by atoms with Crippen LogP contribution in [-0.4, -0.2) is 35.4 Å². The Morgan fingerprint density at radius 3 is 2.44 bits per heavy atom. The average Bonchev–Trinajstić information content (AvgIpc) is 1.98. The number of nitrogens with one attached hydrogen (secondary N) is 1. The van der Waals surface area contributed by atoms with E-state index in [1.807, 2.05) is 0 Å². The molecule has 1 saturated heterocycles. The summed E-state index contributed by atoms with van der Waals surface area (Å²) in [5.74, 6) is 0. The monoisotopic (exact) mass is 130 g/mol. The first-order valence-electron chi connectivity index (χ1n) is 2.84. The van der Waals surface area contributed by atoms with Gasteiger partial charge in [-0.2, -0.15) is 0 Å². The smallest absolute Gasteiger partial charge is 0.319 e. The van der Waals surface area contributed by atoms with Gasteiger partial charge in [0, 0.05) is 7.05 Å². The molecule has 4 heteroatoms. The molecular weight excluding hydrogens is 120 g/mol. The molecule has 0 unspecified atom stereocenters. The molecule has 0 aliphatic carbocycles. The molecule has 0 radical (unpaired) electrons. The van der Waals surface area contributed by atoms with E-state index in [-0.39, 0.29) is 12.1 Å². The molecule has 0 saturated carbocycles. The van der Waals surface area contributed by atoms with Crippen LogP contribution in [0.3, 0.4) is 0 Å². The van der Waals surface area contributed by atoms with Crippen LogP contribution in [0.5, 0.6) is 0 Å². The molecule has 9 heavy (non-hydrogen) atoms. The third-order valence-electron chi connectivity index (χ3n) is 1.52. The summed E-state index contributed by atoms with van der Waals surface area (Å²) in [5.41, 5.74) is 0. The van der Waals surface area contributed by atoms with Crippen LogP contribution >= 0.6 is 0 Å². The molecular formula is C5H10N2O2. The summed E-state index contributed by atoms with van der Waals surface area (Å²) in [5, 5.41) is 11.6. The molecule has 1 heterocycles. The van der Waals surface area contributed by atoms with Gasteiger partial charge in [0.2, 0.25) is 0 Å². The highest BCUT2D eigenvalue weighted by Gasteiger charge is 2.31. The van der Waals surface area contributed by atoms with Gasteiger partial charge >= 0.3 is 6.03 Å². The Kier molecular flexibility index (Phi) is 1.32. The molecule has 1 rings (SSSR count). The van der Waals surface area contributed by atoms with Crippen molar-refractivity contribution < 1.29 is 9.90 Å². The highest BCUT2D eigenvalue weighted by atomic mass is 16.3. The number of aliphatic hydroxyl groups is 1. The Hall–Kier alpha value is -0.770. The fraction of sp³-hybridized carbons (Fsp3) is 0.800. The van der Waals surface area contributed by atoms with Gasteiger partial charge in [-0.1, -0.05) is 0 Å². The number of likely N-dealkylation sites (N-methyl/N-ethyl adjacent to an activating group) is 1. The highest BCUT2D eigenvalue weighted by molar-refractivity contribution is 5.76. The summed E-state index contributed by atoms with van der Waals surface area (Å²) in [6.07, 6.45) is -0.669. The van der Waals surface area contributed by atoms with Gasteiger partial charge in [-0.3, -0.25) is 0 Å². The van der Waals surface area contributed by atoms with Gasteiger partial charge in [0.25, 0.3) is 0 Å². The quantitative estimate of drug-likeness (QED) is 0.457. The van der Waals surface area contributed by atoms with Gasteiger partial charge in [0.05, 0.1) is 6.04 Å². The first-order chi connectivity index (χ1) is 4.13. The van der Waals surface area contributed by atoms with Crippen LogP contribution in [0.2, 0.25) is 0 Å². The Morgan fingerprint density at radius 2 is 2.33 bits per heavy atom. The largest absolute Gasteiger partial charge is 0.371 e. The lowest BCUT2D eigenvalue weighted by Crippen LogP contribution is -2.31. The van der Waals surface area contributed by atoms with Crippen molar-refractivity contribution in [2.45, 2.75) is 19.2 Å². The molecule has 52 valence electrons. The highest BCUT2D eigenvalue weighted by Crippen LogP contribution is 2.06. The van der Waals surface area contributed by atoms with E-state index in [1.165, 1.54) is 4.90 Å². The number of carbonyl (C=O) groups is 1. The summed E-state index contributed by atoms with van der Waals surface area (Å²) in [6, 6.07) is -0.363. The van der Waals surface area contributed by atoms with Gasteiger partial charge in [0.1, 0.15) is 0 Å². The number of nitrogens with zero attached hydrogens (tertiary/aromatic N) is 1. The van der Waals surface area contributed by atoms with Gasteiger partial charge in [-0.15, -0.1) is 0 Å². The van der Waals surface area contributed by atoms with Gasteiger partial charge in [-0.05, 0) is 6.92 Å². The summed E-state index contributed by atoms with van der Waals surface area (Å²) in [6.45, 7) is 1.76. The molecule has 2 atom stereocenters. The zero-order chi connectivity index (χ0) is 7.02. The van der Waals surface area contributed by atoms with Crippen molar-refractivity contribution in [2.24, 2.45) is 0 Å². The second-order valence-corrected chi connectivity index (χ2v) is 2.26. The Balaban J connectivity index is 2.65. The topological polar surface area (TPSA) is 52.6 Å². The predicted octanol–water partition coefficient (Wildman–Crippen LogP) is -0.652. The maximum Gasteiger partial charge on any atom is 0.319 e. The molecule has 4 nitrogen and oxygen atoms in total. The number of rotatable bonds is 0. The maximum atomic E-state index is 10.6. The number of amides is 2. The van der Waals surface area contributed by atoms with Crippen molar-refractivity contribution >= 4 is 6.03 Å². The molecule has 0 bridgehead atoms. The van der Waals surface area contributed by atoms with Gasteiger partial charge < -0.3 is 15.3 Å². The van der Waals surface area contributed by atoms with Crippen molar-refractivity contribution in [3.63, 3.8) is 0 Å². The first-order valence-corrected chi connectivity index (χ1v) is 2.84. The van der Waals surface area contributed by atoms with E-state index < -0.39 is 6.23 Å². The van der Waals surface area contributed by atoms with Crippen LogP contribution in [0.15, 0.2) is 0 Å². The lowest BCUT2D eigenvalue weighted by Gasteiger charge is -2.12. The molecule has 0 spiro atoms. The number of hydrogen-bond acceptors (Lipinski definition) is 2. The van der Waals surface area contributed by atoms with Gasteiger partial charge in [-0.25, -0.2) is 4.79 Å². The molecule has 2 amide bonds. The van der Waals surface area contributed by atoms with Crippen molar-refractivity contribution in [3.05, 3.63) is 0 Å². The van der Waals surface area contributed by atoms with Crippen LogP contribution in [-0.2, 0) is 0 Å². The number of hydrogen-bond donors (Lipinski definition) is 2. The minimum Gasteiger partial charge on any atom is -0.371 e. The first kappa shape index (κ1) is 6.35. The molecule has 0 aromatic rings. The van der Waals surface area contributed by atoms with Crippen LogP contribution in [0.1, 0.15) is 6.92 Å². The summed E-state index contributed by atoms with van der Waals surface area (Å²) in [4.78, 5) is 11.9. The minimum absolute atomic E-state index is 0.150. The summed E-state index contributed by atoms with van der Waals surface area (Å²) >= 11 is 0. The van der Waals surface area contributed by atoms with E-state index in [0.29, 0.717) is 0 Å². The van der Waals surface area contributed by atoms with Crippen molar-refractivity contribution in [1.82, 2.24) is 10.2 Å². The average molecular weight is 130 g/mol. The normalized spacial score (nSPS) is 35.0. The summed E-state index contributed by atoms with van der Waals surface area (Å²) in [7, 11) is 1.56. The van der Waals surface area contributed by atoms with Gasteiger partial charge in [0.15, 0.2) is 6.23 Å². The van der Waals surface area contributed by atoms with Crippen LogP contribution in [0.25, 0.3) is 0 Å². The number of carbonyl (C=O) groups excluding carboxylic acids is 1. The zero-order valence-electron chi connectivity index (χ0n) is 5.46. The molecule has 1 aliphatic heterocycles. The maximum absolute atomic E-state index is 10.6. The third kappa shape index (κ3) is 0.853. The Labute approximate surface area is 53.5 Å². The molecule has 2 N–H and O–H groups in total. The second kappa shape index (κ2) is 1.88. The van der Waals surface area contributed by atoms with E-state index in [9.17, 15) is 4.79 Å². The lowest BCUT2D eigenvalue weighted by molar-refractivity contribution is 0.0606. The molecule has 0 aromatic carbocycles. The van der Waals surface area contributed by atoms with E-state index in [2.05, 4.69) is 5.32 Å². The Morgan fingerprint density at radius 1 is 1.78 bits per heavy atom. The summed E-state index contributed by atoms with van der Waals surface area (Å²) < 4.78 is 0. The SMILES string of the molecule is C[C@H]1NC(=O)N(C)[C@H]1O. The van der Waals surface area contributed by atoms with Crippen molar-refractivity contribution in [1.29, 1.82) is 0 Å². The lowest BCUT2D eigenvalue weighted by atomic mass is 10.3. The fourth-order valence-electron chi connectivity index (χ4n) is 0.827. The Bertz CT molecular complexity index is 137. The van der Waals surface area contributed by atoms with E-state index in [1.54, 1.807) is 14.0 Å². The molecule has 0 aromatic heterocycles. The minimum atomic E-state index is -0.669. The van der Waals surface area contributed by atoms with Crippen LogP contribution in [0, 0.1) is 0 Å². The van der Waals surface area contributed by atoms with Crippen molar-refractivity contribution in [2.75, 3.05) is 7.05 Å². The van der Waals surface area contributed by atoms with E-state index in [4.69, 9.17) is 5.11 Å². The third-order valence-corrected chi connectivity index (χ3v) is 1.52. The fourth-order valence-corrected chi connectivity index (χ4v) is 0.827. The number of urea groups is 1. The predicted molar refractivity (Wildman–Crippen MR) is 31.8 cm³/mol. The molecule has 1 fully saturated rings. The van der Waals surface area contributed by atoms with E-state index in [0.717, 1.165) is 0 Å². The van der Waals surface area contributed by atoms with Crippen LogP contribution in [0.4, 0.5) is 4.79 Å². The van der Waals surface area contributed by atoms with Crippen molar-refractivity contribution in [3.8, 4) is 0 Å².